The molecule has 2 heterocycles. The van der Waals surface area contributed by atoms with Crippen LogP contribution in [0.5, 0.6) is 0 Å². The van der Waals surface area contributed by atoms with Crippen LogP contribution in [0, 0.1) is 17.3 Å². The van der Waals surface area contributed by atoms with Crippen molar-refractivity contribution >= 4 is 29.8 Å². The van der Waals surface area contributed by atoms with Gasteiger partial charge in [0.25, 0.3) is 0 Å². The lowest BCUT2D eigenvalue weighted by atomic mass is 9.43. The van der Waals surface area contributed by atoms with Crippen LogP contribution in [0.1, 0.15) is 57.2 Å². The maximum Gasteiger partial charge on any atom is 0.482 e. The quantitative estimate of drug-likeness (QED) is 0.424. The lowest BCUT2D eigenvalue weighted by molar-refractivity contribution is -0.199. The molecule has 6 nitrogen and oxygen atoms in total. The highest BCUT2D eigenvalue weighted by Crippen LogP contribution is 2.65. The summed E-state index contributed by atoms with van der Waals surface area (Å²) >= 11 is 0. The highest BCUT2D eigenvalue weighted by molar-refractivity contribution is 6.48. The molecule has 4 fully saturated rings. The number of Topliss-reactive ketones (excluding diaryl/α,β-unsaturated/α-hetero) is 1. The fraction of sp³-hybridized carbons (Fsp3) is 0.484. The lowest BCUT2D eigenvalue weighted by Crippen LogP contribution is -2.65. The van der Waals surface area contributed by atoms with Crippen molar-refractivity contribution in [3.63, 3.8) is 0 Å². The summed E-state index contributed by atoms with van der Waals surface area (Å²) in [7, 11) is -0.532. The molecule has 3 aliphatic carbocycles. The molecule has 7 rings (SSSR count). The average molecular weight is 513 g/mol. The minimum Gasteiger partial charge on any atom is -0.464 e. The highest BCUT2D eigenvalue weighted by Gasteiger charge is 2.68. The zero-order chi connectivity index (χ0) is 26.7. The van der Waals surface area contributed by atoms with Gasteiger partial charge >= 0.3 is 7.12 Å². The number of rotatable bonds is 8. The Kier molecular flexibility index (Phi) is 6.27. The first kappa shape index (κ1) is 25.4. The molecule has 0 unspecified atom stereocenters. The number of para-hydroxylation sites is 1. The number of benzene rings is 2. The number of hydrogen-bond donors (Lipinski definition) is 1. The van der Waals surface area contributed by atoms with E-state index < -0.39 is 7.12 Å². The van der Waals surface area contributed by atoms with Crippen molar-refractivity contribution in [2.75, 3.05) is 0 Å². The zero-order valence-electron chi connectivity index (χ0n) is 22.7. The molecule has 1 saturated heterocycles. The van der Waals surface area contributed by atoms with Gasteiger partial charge in [-0.25, -0.2) is 0 Å². The summed E-state index contributed by atoms with van der Waals surface area (Å²) in [5.41, 5.74) is 3.61. The van der Waals surface area contributed by atoms with Crippen LogP contribution in [0.15, 0.2) is 59.2 Å². The van der Waals surface area contributed by atoms with Crippen molar-refractivity contribution in [1.29, 1.82) is 0 Å². The van der Waals surface area contributed by atoms with Crippen LogP contribution in [0.4, 0.5) is 0 Å². The second kappa shape index (κ2) is 9.39. The molecular formula is C31H36BNO5. The van der Waals surface area contributed by atoms with Gasteiger partial charge in [-0.05, 0) is 73.1 Å². The van der Waals surface area contributed by atoms with Gasteiger partial charge in [-0.3, -0.25) is 9.59 Å². The molecule has 1 aromatic heterocycles. The summed E-state index contributed by atoms with van der Waals surface area (Å²) in [6.45, 7) is 8.48. The fourth-order valence-electron chi connectivity index (χ4n) is 7.22. The Morgan fingerprint density at radius 2 is 1.74 bits per heavy atom. The monoisotopic (exact) mass is 513 g/mol. The summed E-state index contributed by atoms with van der Waals surface area (Å²) < 4.78 is 19.2. The standard InChI is InChI=1S/C31H36BNO5/c1-19(34)13-20-9-11-21(12-10-20)14-29(35)33-28(15-22-18-36-25-8-6-5-7-24(22)25)32-37-27-17-23-16-26(30(23,2)3)31(27,4)38-32/h5-12,18,23,26-28H,13-17H2,1-4H3,(H,33,35)/t23-,26-,27+,28-,31-/m0/s1. The molecule has 0 spiro atoms. The Morgan fingerprint density at radius 1 is 1.03 bits per heavy atom. The van der Waals surface area contributed by atoms with Crippen LogP contribution < -0.4 is 5.32 Å². The Morgan fingerprint density at radius 3 is 2.45 bits per heavy atom. The smallest absolute Gasteiger partial charge is 0.464 e. The van der Waals surface area contributed by atoms with Gasteiger partial charge in [-0.15, -0.1) is 0 Å². The maximum atomic E-state index is 13.3. The van der Waals surface area contributed by atoms with Gasteiger partial charge in [-0.2, -0.15) is 0 Å². The molecule has 1 N–H and O–H groups in total. The molecule has 0 radical (unpaired) electrons. The van der Waals surface area contributed by atoms with E-state index >= 15 is 0 Å². The van der Waals surface area contributed by atoms with E-state index in [0.717, 1.165) is 34.1 Å². The number of hydrogen-bond acceptors (Lipinski definition) is 5. The van der Waals surface area contributed by atoms with Crippen LogP contribution in [-0.2, 0) is 38.2 Å². The van der Waals surface area contributed by atoms with Crippen molar-refractivity contribution in [1.82, 2.24) is 5.32 Å². The Labute approximate surface area is 224 Å². The van der Waals surface area contributed by atoms with E-state index in [4.69, 9.17) is 13.7 Å². The van der Waals surface area contributed by atoms with Crippen molar-refractivity contribution in [2.24, 2.45) is 17.3 Å². The molecule has 3 aromatic rings. The second-order valence-corrected chi connectivity index (χ2v) is 12.3. The van der Waals surface area contributed by atoms with E-state index in [-0.39, 0.29) is 41.2 Å². The van der Waals surface area contributed by atoms with Gasteiger partial charge in [0.15, 0.2) is 0 Å². The average Bonchev–Trinajstić information content (AvgIpc) is 3.44. The topological polar surface area (TPSA) is 77.8 Å². The molecule has 2 aromatic carbocycles. The summed E-state index contributed by atoms with van der Waals surface area (Å²) in [6.07, 6.45) is 5.19. The number of carbonyl (C=O) groups is 2. The van der Waals surface area contributed by atoms with Gasteiger partial charge in [-0.1, -0.05) is 56.3 Å². The minimum atomic E-state index is -0.532. The minimum absolute atomic E-state index is 0.0404. The van der Waals surface area contributed by atoms with Crippen molar-refractivity contribution in [3.8, 4) is 0 Å². The third-order valence-corrected chi connectivity index (χ3v) is 9.49. The summed E-state index contributed by atoms with van der Waals surface area (Å²) in [6, 6.07) is 15.6. The molecule has 3 saturated carbocycles. The fourth-order valence-corrected chi connectivity index (χ4v) is 7.22. The lowest BCUT2D eigenvalue weighted by Gasteiger charge is -2.64. The summed E-state index contributed by atoms with van der Waals surface area (Å²) in [5.74, 6) is 0.784. The van der Waals surface area contributed by atoms with Crippen molar-refractivity contribution in [3.05, 3.63) is 71.5 Å². The van der Waals surface area contributed by atoms with Crippen LogP contribution in [0.2, 0.25) is 0 Å². The van der Waals surface area contributed by atoms with Gasteiger partial charge in [0, 0.05) is 11.8 Å². The van der Waals surface area contributed by atoms with Crippen LogP contribution >= 0.6 is 0 Å². The predicted octanol–water partition coefficient (Wildman–Crippen LogP) is 5.10. The van der Waals surface area contributed by atoms with E-state index in [0.29, 0.717) is 24.7 Å². The van der Waals surface area contributed by atoms with Crippen LogP contribution in [0.25, 0.3) is 11.0 Å². The van der Waals surface area contributed by atoms with Crippen LogP contribution in [0.3, 0.4) is 0 Å². The van der Waals surface area contributed by atoms with Crippen molar-refractivity contribution < 1.29 is 23.3 Å². The predicted molar refractivity (Wildman–Crippen MR) is 146 cm³/mol. The van der Waals surface area contributed by atoms with E-state index in [1.165, 1.54) is 6.42 Å². The van der Waals surface area contributed by atoms with Gasteiger partial charge in [0.1, 0.15) is 11.4 Å². The number of amides is 1. The second-order valence-electron chi connectivity index (χ2n) is 12.3. The normalized spacial score (nSPS) is 28.0. The molecule has 1 amide bonds. The molecule has 38 heavy (non-hydrogen) atoms. The first-order valence-corrected chi connectivity index (χ1v) is 13.8. The Balaban J connectivity index is 1.22. The number of carbonyl (C=O) groups excluding carboxylic acids is 2. The molecule has 198 valence electrons. The molecule has 7 heteroatoms. The maximum absolute atomic E-state index is 13.3. The number of ketones is 1. The Hall–Kier alpha value is -2.90. The summed E-state index contributed by atoms with van der Waals surface area (Å²) in [5, 5.41) is 4.29. The largest absolute Gasteiger partial charge is 0.482 e. The number of fused-ring (bicyclic) bond motifs is 1. The van der Waals surface area contributed by atoms with Gasteiger partial charge in [0.2, 0.25) is 5.91 Å². The first-order valence-electron chi connectivity index (χ1n) is 13.8. The molecule has 4 aliphatic rings. The molecular weight excluding hydrogens is 477 g/mol. The third kappa shape index (κ3) is 4.40. The third-order valence-electron chi connectivity index (χ3n) is 9.49. The van der Waals surface area contributed by atoms with E-state index in [2.05, 4.69) is 26.1 Å². The van der Waals surface area contributed by atoms with E-state index in [9.17, 15) is 9.59 Å². The highest BCUT2D eigenvalue weighted by atomic mass is 16.7. The number of nitrogens with one attached hydrogen (secondary N) is 1. The van der Waals surface area contributed by atoms with Gasteiger partial charge in [0.05, 0.1) is 30.3 Å². The first-order chi connectivity index (χ1) is 18.1. The molecule has 2 bridgehead atoms. The molecule has 5 atom stereocenters. The number of furan rings is 1. The Bertz CT molecular complexity index is 1360. The van der Waals surface area contributed by atoms with Gasteiger partial charge < -0.3 is 19.0 Å². The van der Waals surface area contributed by atoms with Crippen LogP contribution in [-0.4, -0.2) is 36.5 Å². The van der Waals surface area contributed by atoms with Crippen molar-refractivity contribution in [2.45, 2.75) is 77.4 Å². The zero-order valence-corrected chi connectivity index (χ0v) is 22.7. The summed E-state index contributed by atoms with van der Waals surface area (Å²) in [4.78, 5) is 24.7. The SMILES string of the molecule is CC(=O)Cc1ccc(CC(=O)N[C@@H](Cc2coc3ccccc23)B2O[C@@H]3C[C@@H]4C[C@@H](C4(C)C)[C@]3(C)O2)cc1. The molecule has 1 aliphatic heterocycles. The van der Waals surface area contributed by atoms with E-state index in [1.54, 1.807) is 13.2 Å². The van der Waals surface area contributed by atoms with E-state index in [1.807, 2.05) is 48.5 Å².